The molecule has 0 spiro atoms. The van der Waals surface area contributed by atoms with Crippen LogP contribution in [0.15, 0.2) is 57.9 Å². The summed E-state index contributed by atoms with van der Waals surface area (Å²) < 4.78 is 39.2. The molecule has 0 fully saturated rings. The quantitative estimate of drug-likeness (QED) is 0.294. The van der Waals surface area contributed by atoms with Gasteiger partial charge in [-0.1, -0.05) is 74.8 Å². The van der Waals surface area contributed by atoms with Gasteiger partial charge < -0.3 is 14.2 Å². The van der Waals surface area contributed by atoms with Crippen molar-refractivity contribution < 1.29 is 27.3 Å². The fourth-order valence-corrected chi connectivity index (χ4v) is 5.58. The van der Waals surface area contributed by atoms with Gasteiger partial charge in [0.1, 0.15) is 6.04 Å². The zero-order chi connectivity index (χ0) is 28.7. The highest BCUT2D eigenvalue weighted by Gasteiger charge is 2.33. The van der Waals surface area contributed by atoms with E-state index in [0.29, 0.717) is 28.8 Å². The number of nitrogens with one attached hydrogen (secondary N) is 1. The van der Waals surface area contributed by atoms with E-state index in [2.05, 4.69) is 9.88 Å². The van der Waals surface area contributed by atoms with Crippen LogP contribution in [-0.4, -0.2) is 43.5 Å². The van der Waals surface area contributed by atoms with Crippen LogP contribution in [0.25, 0.3) is 11.1 Å². The topological polar surface area (TPSA) is 119 Å². The van der Waals surface area contributed by atoms with E-state index in [1.807, 2.05) is 45.0 Å². The lowest BCUT2D eigenvalue weighted by Gasteiger charge is -2.32. The number of aromatic nitrogens is 1. The number of carbonyl (C=O) groups excluding carboxylic acids is 2. The second-order valence-corrected chi connectivity index (χ2v) is 11.5. The monoisotopic (exact) mass is 555 g/mol. The van der Waals surface area contributed by atoms with E-state index in [9.17, 15) is 18.0 Å². The van der Waals surface area contributed by atoms with Crippen molar-refractivity contribution in [1.29, 1.82) is 0 Å². The Morgan fingerprint density at radius 2 is 1.74 bits per heavy atom. The first-order chi connectivity index (χ1) is 18.5. The summed E-state index contributed by atoms with van der Waals surface area (Å²) in [4.78, 5) is 27.4. The molecule has 0 bridgehead atoms. The Bertz CT molecular complexity index is 1400. The number of ether oxygens (including phenoxy) is 1. The number of benzene rings is 2. The highest BCUT2D eigenvalue weighted by molar-refractivity contribution is 7.92. The van der Waals surface area contributed by atoms with Crippen molar-refractivity contribution >= 4 is 27.8 Å². The molecule has 1 aromatic heterocycles. The van der Waals surface area contributed by atoms with Gasteiger partial charge in [-0.25, -0.2) is 17.9 Å². The Morgan fingerprint density at radius 3 is 2.31 bits per heavy atom. The van der Waals surface area contributed by atoms with Gasteiger partial charge in [-0.15, -0.1) is 0 Å². The fraction of sp³-hybridized carbons (Fsp3) is 0.414. The molecule has 3 rings (SSSR count). The molecule has 0 aliphatic heterocycles. The first-order valence-corrected chi connectivity index (χ1v) is 14.5. The molecule has 10 heteroatoms. The number of sulfonamides is 1. The minimum atomic E-state index is -3.97. The third-order valence-electron chi connectivity index (χ3n) is 6.65. The number of hydrogen-bond donors (Lipinski definition) is 1. The first-order valence-electron chi connectivity index (χ1n) is 13.0. The molecule has 210 valence electrons. The Kier molecular flexibility index (Phi) is 9.91. The molecule has 9 nitrogen and oxygen atoms in total. The van der Waals surface area contributed by atoms with Gasteiger partial charge >= 0.3 is 5.97 Å². The highest BCUT2D eigenvalue weighted by atomic mass is 32.2. The van der Waals surface area contributed by atoms with Crippen LogP contribution in [0.2, 0.25) is 0 Å². The van der Waals surface area contributed by atoms with Gasteiger partial charge in [0.25, 0.3) is 10.0 Å². The average Bonchev–Trinajstić information content (AvgIpc) is 3.23. The van der Waals surface area contributed by atoms with Crippen molar-refractivity contribution in [1.82, 2.24) is 10.1 Å². The van der Waals surface area contributed by atoms with Gasteiger partial charge in [0.05, 0.1) is 17.7 Å². The summed E-state index contributed by atoms with van der Waals surface area (Å²) in [5, 5.41) is 3.82. The van der Waals surface area contributed by atoms with Crippen molar-refractivity contribution in [3.05, 3.63) is 65.4 Å². The van der Waals surface area contributed by atoms with Crippen molar-refractivity contribution in [3.8, 4) is 11.1 Å². The first kappa shape index (κ1) is 29.9. The molecule has 0 saturated heterocycles. The summed E-state index contributed by atoms with van der Waals surface area (Å²) in [6.07, 6.45) is 1.94. The van der Waals surface area contributed by atoms with E-state index in [1.54, 1.807) is 36.9 Å². The molecule has 1 atom stereocenters. The molecular formula is C29H37N3O6S. The minimum Gasteiger partial charge on any atom is -0.467 e. The number of amides is 1. The van der Waals surface area contributed by atoms with Crippen LogP contribution in [0.5, 0.6) is 0 Å². The number of esters is 1. The Hall–Kier alpha value is -3.66. The van der Waals surface area contributed by atoms with Gasteiger partial charge in [-0.05, 0) is 43.4 Å². The molecule has 0 unspecified atom stereocenters. The van der Waals surface area contributed by atoms with Gasteiger partial charge in [-0.2, -0.15) is 0 Å². The van der Waals surface area contributed by atoms with E-state index in [0.717, 1.165) is 18.4 Å². The summed E-state index contributed by atoms with van der Waals surface area (Å²) in [7, 11) is -2.65. The summed E-state index contributed by atoms with van der Waals surface area (Å²) in [6.45, 7) is 9.48. The number of hydrogen-bond acceptors (Lipinski definition) is 7. The smallest absolute Gasteiger partial charge is 0.328 e. The second kappa shape index (κ2) is 12.9. The molecule has 1 amide bonds. The number of methoxy groups -OCH3 is 1. The van der Waals surface area contributed by atoms with Crippen molar-refractivity contribution in [2.75, 3.05) is 11.8 Å². The minimum absolute atomic E-state index is 0.0794. The predicted molar refractivity (Wildman–Crippen MR) is 149 cm³/mol. The van der Waals surface area contributed by atoms with E-state index in [4.69, 9.17) is 9.26 Å². The van der Waals surface area contributed by atoms with Crippen LogP contribution < -0.4 is 4.72 Å². The Morgan fingerprint density at radius 1 is 1.08 bits per heavy atom. The summed E-state index contributed by atoms with van der Waals surface area (Å²) in [6, 6.07) is 13.3. The van der Waals surface area contributed by atoms with E-state index in [-0.39, 0.29) is 29.1 Å². The van der Waals surface area contributed by atoms with Crippen molar-refractivity contribution in [3.63, 3.8) is 0 Å². The van der Waals surface area contributed by atoms with Crippen LogP contribution in [0.3, 0.4) is 0 Å². The number of carbonyl (C=O) groups is 2. The maximum atomic E-state index is 13.3. The van der Waals surface area contributed by atoms with Gasteiger partial charge in [0, 0.05) is 24.1 Å². The lowest BCUT2D eigenvalue weighted by Crippen LogP contribution is -2.48. The van der Waals surface area contributed by atoms with Crippen LogP contribution in [-0.2, 0) is 30.9 Å². The van der Waals surface area contributed by atoms with Crippen molar-refractivity contribution in [2.24, 2.45) is 5.92 Å². The molecule has 39 heavy (non-hydrogen) atoms. The molecule has 0 aliphatic carbocycles. The van der Waals surface area contributed by atoms with E-state index in [1.165, 1.54) is 13.2 Å². The highest BCUT2D eigenvalue weighted by Crippen LogP contribution is 2.30. The summed E-state index contributed by atoms with van der Waals surface area (Å²) >= 11 is 0. The standard InChI is InChI=1S/C29H37N3O6S/c1-7-8-13-26(33)32(27(19(2)3)29(34)37-6)18-22-14-16-23(17-15-22)24-11-9-10-12-25(24)39(35,36)31-28-20(4)21(5)30-38-28/h9-12,14-17,19,27,31H,7-8,13,18H2,1-6H3/t27-/m0/s1. The Labute approximate surface area is 230 Å². The van der Waals surface area contributed by atoms with Gasteiger partial charge in [0.2, 0.25) is 11.8 Å². The lowest BCUT2D eigenvalue weighted by atomic mass is 9.99. The number of unbranched alkanes of at least 4 members (excludes halogenated alkanes) is 1. The van der Waals surface area contributed by atoms with Crippen molar-refractivity contribution in [2.45, 2.75) is 71.4 Å². The molecule has 0 saturated carbocycles. The van der Waals surface area contributed by atoms with Crippen LogP contribution >= 0.6 is 0 Å². The number of anilines is 1. The molecule has 0 aliphatic rings. The molecule has 2 aromatic carbocycles. The molecule has 3 aromatic rings. The van der Waals surface area contributed by atoms with Crippen LogP contribution in [0.1, 0.15) is 56.9 Å². The fourth-order valence-electron chi connectivity index (χ4n) is 4.31. The normalized spacial score (nSPS) is 12.3. The molecule has 1 heterocycles. The number of nitrogens with zero attached hydrogens (tertiary/aromatic N) is 2. The SMILES string of the molecule is CCCCC(=O)N(Cc1ccc(-c2ccccc2S(=O)(=O)Nc2onc(C)c2C)cc1)[C@H](C(=O)OC)C(C)C. The third kappa shape index (κ3) is 7.06. The molecule has 1 N–H and O–H groups in total. The van der Waals surface area contributed by atoms with E-state index < -0.39 is 22.0 Å². The second-order valence-electron chi connectivity index (χ2n) is 9.86. The maximum absolute atomic E-state index is 13.3. The van der Waals surface area contributed by atoms with E-state index >= 15 is 0 Å². The summed E-state index contributed by atoms with van der Waals surface area (Å²) in [5.41, 5.74) is 3.22. The van der Waals surface area contributed by atoms with Crippen LogP contribution in [0.4, 0.5) is 5.88 Å². The third-order valence-corrected chi connectivity index (χ3v) is 8.04. The van der Waals surface area contributed by atoms with Gasteiger partial charge in [-0.3, -0.25) is 4.79 Å². The Balaban J connectivity index is 1.91. The number of rotatable bonds is 12. The zero-order valence-corrected chi connectivity index (χ0v) is 24.2. The lowest BCUT2D eigenvalue weighted by molar-refractivity contribution is -0.155. The molecule has 0 radical (unpaired) electrons. The van der Waals surface area contributed by atoms with Crippen LogP contribution in [0, 0.1) is 19.8 Å². The number of aryl methyl sites for hydroxylation is 1. The predicted octanol–water partition coefficient (Wildman–Crippen LogP) is 5.48. The summed E-state index contributed by atoms with van der Waals surface area (Å²) in [5.74, 6) is -0.611. The average molecular weight is 556 g/mol. The zero-order valence-electron chi connectivity index (χ0n) is 23.4. The van der Waals surface area contributed by atoms with Gasteiger partial charge in [0.15, 0.2) is 0 Å². The molecular weight excluding hydrogens is 518 g/mol. The maximum Gasteiger partial charge on any atom is 0.328 e. The largest absolute Gasteiger partial charge is 0.467 e.